The number of nitrogens with one attached hydrogen (secondary N) is 2. The van der Waals surface area contributed by atoms with Crippen molar-refractivity contribution in [1.29, 1.82) is 0 Å². The van der Waals surface area contributed by atoms with Crippen LogP contribution in [0.1, 0.15) is 41.5 Å². The standard InChI is InChI=1S/C26H27ClN2O5/c1-4-32-22-14-17(15-23(33-5-2)24(22)34-6-3)25(30)28-18-10-9-11-19(16-18)29-26(31)20-12-7-8-13-21(20)27/h7-16H,4-6H2,1-3H3,(H,28,30)(H,29,31). The van der Waals surface area contributed by atoms with Crippen molar-refractivity contribution in [3.05, 3.63) is 76.8 Å². The lowest BCUT2D eigenvalue weighted by Crippen LogP contribution is -2.15. The average molecular weight is 483 g/mol. The second-order valence-electron chi connectivity index (χ2n) is 7.07. The highest BCUT2D eigenvalue weighted by Gasteiger charge is 2.19. The monoisotopic (exact) mass is 482 g/mol. The molecule has 0 spiro atoms. The Kier molecular flexibility index (Phi) is 8.76. The minimum atomic E-state index is -0.362. The van der Waals surface area contributed by atoms with E-state index in [1.54, 1.807) is 60.7 Å². The van der Waals surface area contributed by atoms with E-state index in [0.717, 1.165) is 0 Å². The quantitative estimate of drug-likeness (QED) is 0.368. The molecule has 0 fully saturated rings. The van der Waals surface area contributed by atoms with Gasteiger partial charge in [-0.15, -0.1) is 0 Å². The number of anilines is 2. The molecule has 0 radical (unpaired) electrons. The molecule has 3 aromatic rings. The van der Waals surface area contributed by atoms with Gasteiger partial charge in [0.05, 0.1) is 30.4 Å². The first-order valence-electron chi connectivity index (χ1n) is 11.0. The van der Waals surface area contributed by atoms with E-state index in [2.05, 4.69) is 10.6 Å². The second kappa shape index (κ2) is 12.0. The Hall–Kier alpha value is -3.71. The first kappa shape index (κ1) is 24.9. The fourth-order valence-electron chi connectivity index (χ4n) is 3.24. The van der Waals surface area contributed by atoms with Gasteiger partial charge in [0.15, 0.2) is 11.5 Å². The Morgan fingerprint density at radius 2 is 1.29 bits per heavy atom. The van der Waals surface area contributed by atoms with Crippen LogP contribution in [-0.4, -0.2) is 31.6 Å². The average Bonchev–Trinajstić information content (AvgIpc) is 2.81. The van der Waals surface area contributed by atoms with Crippen molar-refractivity contribution in [2.45, 2.75) is 20.8 Å². The lowest BCUT2D eigenvalue weighted by molar-refractivity contribution is 0.101. The van der Waals surface area contributed by atoms with E-state index in [-0.39, 0.29) is 11.8 Å². The molecule has 34 heavy (non-hydrogen) atoms. The maximum absolute atomic E-state index is 13.0. The number of ether oxygens (including phenoxy) is 3. The van der Waals surface area contributed by atoms with Gasteiger partial charge in [0.2, 0.25) is 5.75 Å². The van der Waals surface area contributed by atoms with Gasteiger partial charge in [-0.1, -0.05) is 29.8 Å². The van der Waals surface area contributed by atoms with Crippen LogP contribution in [0, 0.1) is 0 Å². The van der Waals surface area contributed by atoms with Crippen LogP contribution in [0.3, 0.4) is 0 Å². The summed E-state index contributed by atoms with van der Waals surface area (Å²) < 4.78 is 17.1. The molecule has 0 aliphatic carbocycles. The molecular formula is C26H27ClN2O5. The Morgan fingerprint density at radius 1 is 0.735 bits per heavy atom. The van der Waals surface area contributed by atoms with Crippen LogP contribution in [0.4, 0.5) is 11.4 Å². The Balaban J connectivity index is 1.81. The van der Waals surface area contributed by atoms with Crippen LogP contribution in [0.5, 0.6) is 17.2 Å². The van der Waals surface area contributed by atoms with Crippen molar-refractivity contribution in [3.63, 3.8) is 0 Å². The smallest absolute Gasteiger partial charge is 0.257 e. The fraction of sp³-hybridized carbons (Fsp3) is 0.231. The second-order valence-corrected chi connectivity index (χ2v) is 7.48. The molecule has 2 N–H and O–H groups in total. The van der Waals surface area contributed by atoms with Crippen LogP contribution >= 0.6 is 11.6 Å². The molecule has 0 heterocycles. The highest BCUT2D eigenvalue weighted by atomic mass is 35.5. The molecule has 2 amide bonds. The normalized spacial score (nSPS) is 10.4. The first-order chi connectivity index (χ1) is 16.5. The molecular weight excluding hydrogens is 456 g/mol. The molecule has 0 atom stereocenters. The fourth-order valence-corrected chi connectivity index (χ4v) is 3.46. The van der Waals surface area contributed by atoms with Gasteiger partial charge in [-0.3, -0.25) is 9.59 Å². The van der Waals surface area contributed by atoms with Crippen LogP contribution in [0.2, 0.25) is 5.02 Å². The van der Waals surface area contributed by atoms with Gasteiger partial charge in [0.25, 0.3) is 11.8 Å². The SMILES string of the molecule is CCOc1cc(C(=O)Nc2cccc(NC(=O)c3ccccc3Cl)c2)cc(OCC)c1OCC. The summed E-state index contributed by atoms with van der Waals surface area (Å²) in [5.74, 6) is 0.622. The topological polar surface area (TPSA) is 85.9 Å². The van der Waals surface area contributed by atoms with Gasteiger partial charge in [-0.05, 0) is 63.2 Å². The maximum Gasteiger partial charge on any atom is 0.257 e. The molecule has 0 aromatic heterocycles. The zero-order chi connectivity index (χ0) is 24.5. The van der Waals surface area contributed by atoms with Crippen LogP contribution in [0.15, 0.2) is 60.7 Å². The molecule has 3 aromatic carbocycles. The third kappa shape index (κ3) is 6.20. The minimum Gasteiger partial charge on any atom is -0.490 e. The van der Waals surface area contributed by atoms with Crippen molar-refractivity contribution in [2.75, 3.05) is 30.5 Å². The summed E-state index contributed by atoms with van der Waals surface area (Å²) >= 11 is 6.11. The number of amides is 2. The van der Waals surface area contributed by atoms with Gasteiger partial charge < -0.3 is 24.8 Å². The van der Waals surface area contributed by atoms with Gasteiger partial charge in [0.1, 0.15) is 0 Å². The van der Waals surface area contributed by atoms with Crippen LogP contribution < -0.4 is 24.8 Å². The molecule has 0 aliphatic heterocycles. The zero-order valence-corrected chi connectivity index (χ0v) is 20.1. The highest BCUT2D eigenvalue weighted by Crippen LogP contribution is 2.39. The predicted molar refractivity (Wildman–Crippen MR) is 134 cm³/mol. The van der Waals surface area contributed by atoms with E-state index in [0.29, 0.717) is 64.6 Å². The van der Waals surface area contributed by atoms with Crippen molar-refractivity contribution < 1.29 is 23.8 Å². The number of hydrogen-bond acceptors (Lipinski definition) is 5. The van der Waals surface area contributed by atoms with E-state index in [4.69, 9.17) is 25.8 Å². The van der Waals surface area contributed by atoms with Crippen LogP contribution in [-0.2, 0) is 0 Å². The lowest BCUT2D eigenvalue weighted by atomic mass is 10.1. The summed E-state index contributed by atoms with van der Waals surface area (Å²) in [6, 6.07) is 16.9. The lowest BCUT2D eigenvalue weighted by Gasteiger charge is -2.17. The Bertz CT molecular complexity index is 1140. The highest BCUT2D eigenvalue weighted by molar-refractivity contribution is 6.34. The number of benzene rings is 3. The number of carbonyl (C=O) groups excluding carboxylic acids is 2. The minimum absolute atomic E-state index is 0.344. The third-order valence-corrected chi connectivity index (χ3v) is 5.00. The van der Waals surface area contributed by atoms with E-state index < -0.39 is 0 Å². The number of hydrogen-bond donors (Lipinski definition) is 2. The maximum atomic E-state index is 13.0. The number of carbonyl (C=O) groups is 2. The van der Waals surface area contributed by atoms with Crippen molar-refractivity contribution in [1.82, 2.24) is 0 Å². The summed E-state index contributed by atoms with van der Waals surface area (Å²) in [6.45, 7) is 6.81. The summed E-state index contributed by atoms with van der Waals surface area (Å²) in [5.41, 5.74) is 1.73. The predicted octanol–water partition coefficient (Wildman–Crippen LogP) is 6.04. The molecule has 8 heteroatoms. The molecule has 0 saturated heterocycles. The zero-order valence-electron chi connectivity index (χ0n) is 19.3. The van der Waals surface area contributed by atoms with Crippen LogP contribution in [0.25, 0.3) is 0 Å². The molecule has 0 bridgehead atoms. The van der Waals surface area contributed by atoms with Gasteiger partial charge >= 0.3 is 0 Å². The van der Waals surface area contributed by atoms with Crippen molar-refractivity contribution >= 4 is 34.8 Å². The van der Waals surface area contributed by atoms with E-state index >= 15 is 0 Å². The van der Waals surface area contributed by atoms with E-state index in [1.807, 2.05) is 20.8 Å². The van der Waals surface area contributed by atoms with E-state index in [1.165, 1.54) is 0 Å². The van der Waals surface area contributed by atoms with Crippen molar-refractivity contribution in [3.8, 4) is 17.2 Å². The first-order valence-corrected chi connectivity index (χ1v) is 11.4. The molecule has 0 saturated carbocycles. The molecule has 0 unspecified atom stereocenters. The molecule has 0 aliphatic rings. The summed E-state index contributed by atoms with van der Waals surface area (Å²) in [7, 11) is 0. The van der Waals surface area contributed by atoms with Gasteiger partial charge in [-0.2, -0.15) is 0 Å². The summed E-state index contributed by atoms with van der Waals surface area (Å²) in [5, 5.41) is 6.00. The number of rotatable bonds is 10. The number of halogens is 1. The molecule has 3 rings (SSSR count). The Morgan fingerprint density at radius 3 is 1.85 bits per heavy atom. The molecule has 7 nitrogen and oxygen atoms in total. The van der Waals surface area contributed by atoms with Gasteiger partial charge in [0, 0.05) is 16.9 Å². The van der Waals surface area contributed by atoms with Crippen molar-refractivity contribution in [2.24, 2.45) is 0 Å². The van der Waals surface area contributed by atoms with Gasteiger partial charge in [-0.25, -0.2) is 0 Å². The summed E-state index contributed by atoms with van der Waals surface area (Å²) in [6.07, 6.45) is 0. The largest absolute Gasteiger partial charge is 0.490 e. The third-order valence-electron chi connectivity index (χ3n) is 4.67. The molecule has 178 valence electrons. The van der Waals surface area contributed by atoms with E-state index in [9.17, 15) is 9.59 Å². The summed E-state index contributed by atoms with van der Waals surface area (Å²) in [4.78, 5) is 25.6. The Labute approximate surface area is 204 Å².